The average molecular weight is 282 g/mol. The summed E-state index contributed by atoms with van der Waals surface area (Å²) in [6.07, 6.45) is -5.86. The van der Waals surface area contributed by atoms with Crippen molar-refractivity contribution in [2.45, 2.75) is 42.2 Å². The number of fused-ring (bicyclic) bond motifs is 1. The maximum absolute atomic E-state index is 10.7. The summed E-state index contributed by atoms with van der Waals surface area (Å²) in [5, 5.41) is 41.1. The monoisotopic (exact) mass is 282 g/mol. The third-order valence-electron chi connectivity index (χ3n) is 4.35. The highest BCUT2D eigenvalue weighted by Crippen LogP contribution is 2.53. The molecule has 0 bridgehead atoms. The minimum Gasteiger partial charge on any atom is -0.390 e. The number of benzene rings is 1. The molecule has 1 saturated heterocycles. The summed E-state index contributed by atoms with van der Waals surface area (Å²) in [7, 11) is 1.32. The average Bonchev–Trinajstić information content (AvgIpc) is 2.46. The van der Waals surface area contributed by atoms with Crippen LogP contribution in [-0.4, -0.2) is 63.8 Å². The molecular weight excluding hydrogens is 264 g/mol. The molecule has 2 unspecified atom stereocenters. The molecule has 1 heterocycles. The molecule has 0 spiro atoms. The summed E-state index contributed by atoms with van der Waals surface area (Å²) in [4.78, 5) is 0. The Bertz CT molecular complexity index is 476. The number of aliphatic hydroxyl groups is 4. The summed E-state index contributed by atoms with van der Waals surface area (Å²) in [6.45, 7) is 0. The second-order valence-electron chi connectivity index (χ2n) is 5.36. The molecule has 1 aliphatic carbocycles. The van der Waals surface area contributed by atoms with Crippen LogP contribution in [0.15, 0.2) is 30.3 Å². The van der Waals surface area contributed by atoms with Crippen LogP contribution in [0.1, 0.15) is 11.5 Å². The van der Waals surface area contributed by atoms with Gasteiger partial charge in [0.15, 0.2) is 6.29 Å². The molecule has 3 rings (SSSR count). The van der Waals surface area contributed by atoms with Crippen LogP contribution in [0.25, 0.3) is 0 Å². The van der Waals surface area contributed by atoms with Gasteiger partial charge in [-0.05, 0) is 5.56 Å². The van der Waals surface area contributed by atoms with Crippen molar-refractivity contribution in [3.8, 4) is 0 Å². The van der Waals surface area contributed by atoms with Gasteiger partial charge >= 0.3 is 0 Å². The maximum atomic E-state index is 10.7. The van der Waals surface area contributed by atoms with Crippen molar-refractivity contribution in [3.63, 3.8) is 0 Å². The molecule has 1 aromatic carbocycles. The largest absolute Gasteiger partial charge is 0.390 e. The summed E-state index contributed by atoms with van der Waals surface area (Å²) in [5.41, 5.74) is -1.04. The molecule has 2 aliphatic rings. The predicted octanol–water partition coefficient (Wildman–Crippen LogP) is -1.03. The molecule has 1 saturated carbocycles. The third-order valence-corrected chi connectivity index (χ3v) is 4.35. The lowest BCUT2D eigenvalue weighted by Gasteiger charge is -2.61. The molecule has 6 heteroatoms. The van der Waals surface area contributed by atoms with Gasteiger partial charge < -0.3 is 29.9 Å². The van der Waals surface area contributed by atoms with Crippen LogP contribution in [0.4, 0.5) is 0 Å². The van der Waals surface area contributed by atoms with E-state index in [1.54, 1.807) is 24.3 Å². The van der Waals surface area contributed by atoms with E-state index in [0.717, 1.165) is 0 Å². The van der Waals surface area contributed by atoms with Crippen molar-refractivity contribution < 1.29 is 29.9 Å². The van der Waals surface area contributed by atoms with Crippen LogP contribution in [0.3, 0.4) is 0 Å². The lowest BCUT2D eigenvalue weighted by molar-refractivity contribution is -0.383. The van der Waals surface area contributed by atoms with Crippen LogP contribution in [0.5, 0.6) is 0 Å². The number of aliphatic hydroxyl groups excluding tert-OH is 3. The fourth-order valence-electron chi connectivity index (χ4n) is 3.29. The van der Waals surface area contributed by atoms with Crippen LogP contribution in [-0.2, 0) is 9.47 Å². The Morgan fingerprint density at radius 2 is 1.75 bits per heavy atom. The van der Waals surface area contributed by atoms with Crippen molar-refractivity contribution in [2.75, 3.05) is 7.11 Å². The standard InChI is InChI=1S/C14H18O6/c1-19-13-10(16)11(17)14(18)8(9(15)12(14)20-13)7-5-3-2-4-6-7/h2-6,8-13,15-18H,1H3/t8?,9?,10-,11+,12+,13+,14-/m0/s1. The zero-order valence-corrected chi connectivity index (χ0v) is 11.0. The van der Waals surface area contributed by atoms with E-state index in [2.05, 4.69) is 0 Å². The van der Waals surface area contributed by atoms with Gasteiger partial charge in [0.1, 0.15) is 23.9 Å². The normalized spacial score (nSPS) is 47.5. The van der Waals surface area contributed by atoms with E-state index in [1.807, 2.05) is 6.07 Å². The zero-order chi connectivity index (χ0) is 14.5. The molecule has 2 fully saturated rings. The molecule has 1 aromatic rings. The van der Waals surface area contributed by atoms with Crippen LogP contribution in [0.2, 0.25) is 0 Å². The number of hydrogen-bond acceptors (Lipinski definition) is 6. The molecule has 20 heavy (non-hydrogen) atoms. The Morgan fingerprint density at radius 1 is 1.10 bits per heavy atom. The quantitative estimate of drug-likeness (QED) is 0.553. The van der Waals surface area contributed by atoms with Gasteiger partial charge in [0.05, 0.1) is 6.10 Å². The molecule has 0 amide bonds. The Labute approximate surface area is 116 Å². The lowest BCUT2D eigenvalue weighted by atomic mass is 9.57. The Balaban J connectivity index is 1.94. The van der Waals surface area contributed by atoms with Crippen molar-refractivity contribution in [3.05, 3.63) is 35.9 Å². The summed E-state index contributed by atoms with van der Waals surface area (Å²) in [6, 6.07) is 8.89. The van der Waals surface area contributed by atoms with Gasteiger partial charge in [-0.3, -0.25) is 0 Å². The van der Waals surface area contributed by atoms with E-state index in [4.69, 9.17) is 9.47 Å². The molecule has 7 atom stereocenters. The smallest absolute Gasteiger partial charge is 0.186 e. The highest BCUT2D eigenvalue weighted by molar-refractivity contribution is 5.35. The highest BCUT2D eigenvalue weighted by atomic mass is 16.7. The molecule has 1 aliphatic heterocycles. The van der Waals surface area contributed by atoms with E-state index in [0.29, 0.717) is 5.56 Å². The third kappa shape index (κ3) is 1.67. The fraction of sp³-hybridized carbons (Fsp3) is 0.571. The van der Waals surface area contributed by atoms with Crippen molar-refractivity contribution in [1.82, 2.24) is 0 Å². The Kier molecular flexibility index (Phi) is 3.32. The van der Waals surface area contributed by atoms with Crippen LogP contribution < -0.4 is 0 Å². The van der Waals surface area contributed by atoms with Gasteiger partial charge in [-0.2, -0.15) is 0 Å². The van der Waals surface area contributed by atoms with Gasteiger partial charge in [0, 0.05) is 13.0 Å². The van der Waals surface area contributed by atoms with Crippen molar-refractivity contribution >= 4 is 0 Å². The first-order valence-electron chi connectivity index (χ1n) is 6.51. The van der Waals surface area contributed by atoms with Crippen molar-refractivity contribution in [1.29, 1.82) is 0 Å². The van der Waals surface area contributed by atoms with Gasteiger partial charge in [-0.15, -0.1) is 0 Å². The van der Waals surface area contributed by atoms with Crippen LogP contribution >= 0.6 is 0 Å². The second-order valence-corrected chi connectivity index (χ2v) is 5.36. The molecule has 110 valence electrons. The van der Waals surface area contributed by atoms with Gasteiger partial charge in [-0.1, -0.05) is 30.3 Å². The van der Waals surface area contributed by atoms with Crippen molar-refractivity contribution in [2.24, 2.45) is 0 Å². The SMILES string of the molecule is CO[C@@H]1O[C@@H]2C(O)C(c3ccccc3)[C@]2(O)[C@H](O)[C@@H]1O. The summed E-state index contributed by atoms with van der Waals surface area (Å²) < 4.78 is 10.3. The van der Waals surface area contributed by atoms with E-state index >= 15 is 0 Å². The number of hydrogen-bond donors (Lipinski definition) is 4. The molecule has 0 radical (unpaired) electrons. The fourth-order valence-corrected chi connectivity index (χ4v) is 3.29. The predicted molar refractivity (Wildman–Crippen MR) is 67.8 cm³/mol. The Morgan fingerprint density at radius 3 is 2.35 bits per heavy atom. The first-order valence-corrected chi connectivity index (χ1v) is 6.51. The first-order chi connectivity index (χ1) is 9.51. The summed E-state index contributed by atoms with van der Waals surface area (Å²) >= 11 is 0. The molecule has 4 N–H and O–H groups in total. The zero-order valence-electron chi connectivity index (χ0n) is 11.0. The number of methoxy groups -OCH3 is 1. The van der Waals surface area contributed by atoms with E-state index in [9.17, 15) is 20.4 Å². The minimum atomic E-state index is -1.73. The van der Waals surface area contributed by atoms with Crippen LogP contribution in [0, 0.1) is 0 Å². The summed E-state index contributed by atoms with van der Waals surface area (Å²) in [5.74, 6) is -0.712. The van der Waals surface area contributed by atoms with E-state index in [-0.39, 0.29) is 0 Å². The van der Waals surface area contributed by atoms with Gasteiger partial charge in [0.2, 0.25) is 0 Å². The molecular formula is C14H18O6. The first kappa shape index (κ1) is 13.9. The Hall–Kier alpha value is -1.02. The van der Waals surface area contributed by atoms with Gasteiger partial charge in [0.25, 0.3) is 0 Å². The van der Waals surface area contributed by atoms with E-state index < -0.39 is 42.2 Å². The topological polar surface area (TPSA) is 99.4 Å². The highest BCUT2D eigenvalue weighted by Gasteiger charge is 2.71. The maximum Gasteiger partial charge on any atom is 0.186 e. The number of rotatable bonds is 2. The minimum absolute atomic E-state index is 0.685. The lowest BCUT2D eigenvalue weighted by Crippen LogP contribution is -2.80. The van der Waals surface area contributed by atoms with E-state index in [1.165, 1.54) is 7.11 Å². The number of ether oxygens (including phenoxy) is 2. The second kappa shape index (κ2) is 4.77. The molecule has 6 nitrogen and oxygen atoms in total. The molecule has 0 aromatic heterocycles. The van der Waals surface area contributed by atoms with Gasteiger partial charge in [-0.25, -0.2) is 0 Å².